The minimum Gasteiger partial charge on any atom is -0.458 e. The lowest BCUT2D eigenvalue weighted by Gasteiger charge is -2.03. The molecule has 1 atom stereocenters. The van der Waals surface area contributed by atoms with Crippen molar-refractivity contribution in [2.75, 3.05) is 0 Å². The molecule has 1 N–H and O–H groups in total. The quantitative estimate of drug-likeness (QED) is 0.885. The molecule has 0 aliphatic carbocycles. The van der Waals surface area contributed by atoms with Crippen molar-refractivity contribution >= 4 is 0 Å². The minimum absolute atomic E-state index is 0.0551. The van der Waals surface area contributed by atoms with Crippen LogP contribution in [0.15, 0.2) is 34.7 Å². The van der Waals surface area contributed by atoms with Crippen molar-refractivity contribution in [1.82, 2.24) is 0 Å². The number of halogens is 2. The molecule has 0 aliphatic rings. The summed E-state index contributed by atoms with van der Waals surface area (Å²) >= 11 is 0. The summed E-state index contributed by atoms with van der Waals surface area (Å²) < 4.78 is 31.8. The number of hydrogen-bond donors (Lipinski definition) is 1. The van der Waals surface area contributed by atoms with Gasteiger partial charge in [0.15, 0.2) is 0 Å². The number of hydrogen-bond acceptors (Lipinski definition) is 2. The molecule has 1 heterocycles. The summed E-state index contributed by atoms with van der Waals surface area (Å²) in [4.78, 5) is 0. The highest BCUT2D eigenvalue weighted by Crippen LogP contribution is 2.28. The SMILES string of the molecule is CCC(O)c1ccc(-c2cc(F)ccc2F)o1. The first-order valence-electron chi connectivity index (χ1n) is 5.35. The van der Waals surface area contributed by atoms with Crippen LogP contribution >= 0.6 is 0 Å². The summed E-state index contributed by atoms with van der Waals surface area (Å²) in [6.45, 7) is 1.80. The lowest BCUT2D eigenvalue weighted by molar-refractivity contribution is 0.146. The summed E-state index contributed by atoms with van der Waals surface area (Å²) in [5, 5.41) is 9.55. The third-order valence-electron chi connectivity index (χ3n) is 2.54. The molecule has 0 bridgehead atoms. The van der Waals surface area contributed by atoms with Crippen LogP contribution in [0.2, 0.25) is 0 Å². The normalized spacial score (nSPS) is 12.7. The predicted molar refractivity (Wildman–Crippen MR) is 59.3 cm³/mol. The maximum Gasteiger partial charge on any atom is 0.137 e. The van der Waals surface area contributed by atoms with Crippen molar-refractivity contribution in [3.8, 4) is 11.3 Å². The zero-order valence-corrected chi connectivity index (χ0v) is 9.28. The van der Waals surface area contributed by atoms with Crippen LogP contribution in [-0.4, -0.2) is 5.11 Å². The Morgan fingerprint density at radius 2 is 2.00 bits per heavy atom. The number of aliphatic hydroxyl groups is 1. The van der Waals surface area contributed by atoms with Gasteiger partial charge in [0.05, 0.1) is 5.56 Å². The lowest BCUT2D eigenvalue weighted by atomic mass is 10.1. The fraction of sp³-hybridized carbons (Fsp3) is 0.231. The maximum atomic E-state index is 13.5. The highest BCUT2D eigenvalue weighted by molar-refractivity contribution is 5.58. The van der Waals surface area contributed by atoms with Crippen LogP contribution in [0.5, 0.6) is 0 Å². The van der Waals surface area contributed by atoms with Crippen molar-refractivity contribution in [2.24, 2.45) is 0 Å². The molecule has 0 saturated carbocycles. The molecule has 1 aromatic heterocycles. The first kappa shape index (κ1) is 11.8. The fourth-order valence-electron chi connectivity index (χ4n) is 1.56. The van der Waals surface area contributed by atoms with Crippen LogP contribution in [-0.2, 0) is 0 Å². The average molecular weight is 238 g/mol. The number of furan rings is 1. The Hall–Kier alpha value is -1.68. The van der Waals surface area contributed by atoms with Crippen LogP contribution in [0.3, 0.4) is 0 Å². The molecular weight excluding hydrogens is 226 g/mol. The molecule has 4 heteroatoms. The monoisotopic (exact) mass is 238 g/mol. The molecule has 0 fully saturated rings. The van der Waals surface area contributed by atoms with Crippen LogP contribution in [0.25, 0.3) is 11.3 Å². The van der Waals surface area contributed by atoms with E-state index in [2.05, 4.69) is 0 Å². The molecule has 0 aliphatic heterocycles. The molecule has 0 spiro atoms. The van der Waals surface area contributed by atoms with E-state index in [9.17, 15) is 13.9 Å². The Bertz CT molecular complexity index is 520. The summed E-state index contributed by atoms with van der Waals surface area (Å²) in [5.41, 5.74) is 0.0551. The van der Waals surface area contributed by atoms with Gasteiger partial charge in [-0.1, -0.05) is 6.92 Å². The van der Waals surface area contributed by atoms with Gasteiger partial charge >= 0.3 is 0 Å². The smallest absolute Gasteiger partial charge is 0.137 e. The summed E-state index contributed by atoms with van der Waals surface area (Å²) in [6, 6.07) is 6.24. The summed E-state index contributed by atoms with van der Waals surface area (Å²) in [7, 11) is 0. The van der Waals surface area contributed by atoms with Crippen molar-refractivity contribution in [3.05, 3.63) is 47.7 Å². The molecule has 2 nitrogen and oxygen atoms in total. The second-order valence-electron chi connectivity index (χ2n) is 3.75. The largest absolute Gasteiger partial charge is 0.458 e. The first-order valence-corrected chi connectivity index (χ1v) is 5.35. The van der Waals surface area contributed by atoms with Crippen LogP contribution in [0.1, 0.15) is 25.2 Å². The van der Waals surface area contributed by atoms with Crippen molar-refractivity contribution in [2.45, 2.75) is 19.4 Å². The Kier molecular flexibility index (Phi) is 3.24. The maximum absolute atomic E-state index is 13.5. The van der Waals surface area contributed by atoms with E-state index in [1.165, 1.54) is 6.07 Å². The standard InChI is InChI=1S/C13H12F2O2/c1-2-11(16)13-6-5-12(17-13)9-7-8(14)3-4-10(9)15/h3-7,11,16H,2H2,1H3. The Morgan fingerprint density at radius 3 is 2.71 bits per heavy atom. The van der Waals surface area contributed by atoms with E-state index < -0.39 is 17.7 Å². The van der Waals surface area contributed by atoms with E-state index in [1.807, 2.05) is 0 Å². The molecular formula is C13H12F2O2. The van der Waals surface area contributed by atoms with E-state index in [4.69, 9.17) is 4.42 Å². The van der Waals surface area contributed by atoms with Gasteiger partial charge in [0, 0.05) is 0 Å². The zero-order chi connectivity index (χ0) is 12.4. The molecule has 0 saturated heterocycles. The van der Waals surface area contributed by atoms with Gasteiger partial charge in [0.2, 0.25) is 0 Å². The van der Waals surface area contributed by atoms with Gasteiger partial charge in [0.25, 0.3) is 0 Å². The van der Waals surface area contributed by atoms with E-state index in [0.717, 1.165) is 18.2 Å². The first-order chi connectivity index (χ1) is 8.11. The number of aliphatic hydroxyl groups excluding tert-OH is 1. The topological polar surface area (TPSA) is 33.4 Å². The molecule has 17 heavy (non-hydrogen) atoms. The Labute approximate surface area is 97.5 Å². The summed E-state index contributed by atoms with van der Waals surface area (Å²) in [6.07, 6.45) is -0.223. The van der Waals surface area contributed by atoms with Gasteiger partial charge in [-0.25, -0.2) is 8.78 Å². The second-order valence-corrected chi connectivity index (χ2v) is 3.75. The molecule has 0 amide bonds. The third-order valence-corrected chi connectivity index (χ3v) is 2.54. The number of rotatable bonds is 3. The van der Waals surface area contributed by atoms with Gasteiger partial charge in [-0.15, -0.1) is 0 Å². The average Bonchev–Trinajstić information content (AvgIpc) is 2.80. The second kappa shape index (κ2) is 4.67. The van der Waals surface area contributed by atoms with Gasteiger partial charge in [-0.2, -0.15) is 0 Å². The van der Waals surface area contributed by atoms with Gasteiger partial charge < -0.3 is 9.52 Å². The van der Waals surface area contributed by atoms with Gasteiger partial charge in [-0.05, 0) is 36.8 Å². The van der Waals surface area contributed by atoms with E-state index in [1.54, 1.807) is 13.0 Å². The van der Waals surface area contributed by atoms with Crippen LogP contribution < -0.4 is 0 Å². The van der Waals surface area contributed by atoms with E-state index >= 15 is 0 Å². The predicted octanol–water partition coefficient (Wildman–Crippen LogP) is 3.67. The fourth-order valence-corrected chi connectivity index (χ4v) is 1.56. The Balaban J connectivity index is 2.40. The van der Waals surface area contributed by atoms with Crippen molar-refractivity contribution in [3.63, 3.8) is 0 Å². The van der Waals surface area contributed by atoms with Crippen LogP contribution in [0.4, 0.5) is 8.78 Å². The molecule has 2 aromatic rings. The van der Waals surface area contributed by atoms with Crippen LogP contribution in [0, 0.1) is 11.6 Å². The van der Waals surface area contributed by atoms with Gasteiger partial charge in [-0.3, -0.25) is 0 Å². The van der Waals surface area contributed by atoms with E-state index in [0.29, 0.717) is 12.2 Å². The number of benzene rings is 1. The molecule has 1 unspecified atom stereocenters. The van der Waals surface area contributed by atoms with Crippen molar-refractivity contribution < 1.29 is 18.3 Å². The molecule has 2 rings (SSSR count). The highest BCUT2D eigenvalue weighted by atomic mass is 19.1. The summed E-state index contributed by atoms with van der Waals surface area (Å²) in [5.74, 6) is -0.524. The molecule has 0 radical (unpaired) electrons. The molecule has 90 valence electrons. The third kappa shape index (κ3) is 2.36. The molecule has 1 aromatic carbocycles. The lowest BCUT2D eigenvalue weighted by Crippen LogP contribution is -1.91. The highest BCUT2D eigenvalue weighted by Gasteiger charge is 2.14. The zero-order valence-electron chi connectivity index (χ0n) is 9.28. The van der Waals surface area contributed by atoms with Gasteiger partial charge in [0.1, 0.15) is 29.3 Å². The minimum atomic E-state index is -0.722. The van der Waals surface area contributed by atoms with Crippen molar-refractivity contribution in [1.29, 1.82) is 0 Å². The Morgan fingerprint density at radius 1 is 1.24 bits per heavy atom. The van der Waals surface area contributed by atoms with E-state index in [-0.39, 0.29) is 11.3 Å².